The fourth-order valence-corrected chi connectivity index (χ4v) is 2.21. The molecule has 0 aliphatic heterocycles. The van der Waals surface area contributed by atoms with Gasteiger partial charge in [-0.25, -0.2) is 4.39 Å². The van der Waals surface area contributed by atoms with Gasteiger partial charge >= 0.3 is 0 Å². The van der Waals surface area contributed by atoms with Crippen LogP contribution in [0.25, 0.3) is 0 Å². The first-order chi connectivity index (χ1) is 9.56. The number of benzene rings is 1. The molecular weight excluding hydrogens is 273 g/mol. The van der Waals surface area contributed by atoms with Crippen LogP contribution in [0, 0.1) is 5.82 Å². The number of ether oxygens (including phenoxy) is 1. The smallest absolute Gasteiger partial charge is 0.138 e. The van der Waals surface area contributed by atoms with Crippen molar-refractivity contribution in [3.05, 3.63) is 35.1 Å². The van der Waals surface area contributed by atoms with Gasteiger partial charge < -0.3 is 10.5 Å². The monoisotopic (exact) mass is 297 g/mol. The SMILES string of the molecule is CCCCCCC(C)OCc1cccc(C(N)=S)c1F. The summed E-state index contributed by atoms with van der Waals surface area (Å²) in [6.07, 6.45) is 6.03. The molecule has 1 aromatic rings. The molecule has 0 aliphatic carbocycles. The van der Waals surface area contributed by atoms with E-state index in [4.69, 9.17) is 22.7 Å². The second-order valence-corrected chi connectivity index (χ2v) is 5.55. The Morgan fingerprint density at radius 2 is 2.10 bits per heavy atom. The number of hydrogen-bond donors (Lipinski definition) is 1. The van der Waals surface area contributed by atoms with Gasteiger partial charge in [-0.3, -0.25) is 0 Å². The summed E-state index contributed by atoms with van der Waals surface area (Å²) in [5.41, 5.74) is 6.28. The molecule has 0 radical (unpaired) electrons. The molecule has 0 aromatic heterocycles. The third-order valence-corrected chi connectivity index (χ3v) is 3.55. The number of rotatable bonds is 9. The summed E-state index contributed by atoms with van der Waals surface area (Å²) in [5.74, 6) is -0.363. The number of halogens is 1. The van der Waals surface area contributed by atoms with Crippen molar-refractivity contribution < 1.29 is 9.13 Å². The highest BCUT2D eigenvalue weighted by Gasteiger charge is 2.11. The van der Waals surface area contributed by atoms with Crippen molar-refractivity contribution >= 4 is 17.2 Å². The summed E-state index contributed by atoms with van der Waals surface area (Å²) in [7, 11) is 0. The van der Waals surface area contributed by atoms with E-state index in [-0.39, 0.29) is 29.1 Å². The van der Waals surface area contributed by atoms with E-state index in [0.29, 0.717) is 5.56 Å². The van der Waals surface area contributed by atoms with Crippen LogP contribution < -0.4 is 5.73 Å². The topological polar surface area (TPSA) is 35.2 Å². The Bertz CT molecular complexity index is 436. The molecule has 1 aromatic carbocycles. The molecule has 1 unspecified atom stereocenters. The van der Waals surface area contributed by atoms with Gasteiger partial charge in [0.1, 0.15) is 10.8 Å². The number of unbranched alkanes of at least 4 members (excludes halogenated alkanes) is 3. The van der Waals surface area contributed by atoms with Gasteiger partial charge in [0, 0.05) is 11.1 Å². The van der Waals surface area contributed by atoms with Crippen LogP contribution in [-0.4, -0.2) is 11.1 Å². The largest absolute Gasteiger partial charge is 0.389 e. The minimum absolute atomic E-state index is 0.0805. The van der Waals surface area contributed by atoms with Gasteiger partial charge in [-0.15, -0.1) is 0 Å². The Kier molecular flexibility index (Phi) is 7.70. The van der Waals surface area contributed by atoms with Gasteiger partial charge in [-0.2, -0.15) is 0 Å². The van der Waals surface area contributed by atoms with Crippen LogP contribution >= 0.6 is 12.2 Å². The maximum Gasteiger partial charge on any atom is 0.138 e. The Morgan fingerprint density at radius 1 is 1.35 bits per heavy atom. The van der Waals surface area contributed by atoms with Crippen LogP contribution in [0.4, 0.5) is 4.39 Å². The maximum atomic E-state index is 14.1. The van der Waals surface area contributed by atoms with Crippen molar-refractivity contribution in [1.29, 1.82) is 0 Å². The first-order valence-electron chi connectivity index (χ1n) is 7.25. The van der Waals surface area contributed by atoms with Crippen LogP contribution in [0.15, 0.2) is 18.2 Å². The van der Waals surface area contributed by atoms with E-state index in [1.54, 1.807) is 18.2 Å². The van der Waals surface area contributed by atoms with E-state index >= 15 is 0 Å². The molecule has 20 heavy (non-hydrogen) atoms. The van der Waals surface area contributed by atoms with Crippen molar-refractivity contribution in [3.63, 3.8) is 0 Å². The Labute approximate surface area is 126 Å². The predicted molar refractivity (Wildman–Crippen MR) is 85.3 cm³/mol. The van der Waals surface area contributed by atoms with E-state index in [9.17, 15) is 4.39 Å². The number of thiocarbonyl (C=S) groups is 1. The third-order valence-electron chi connectivity index (χ3n) is 3.33. The molecule has 0 fully saturated rings. The first-order valence-corrected chi connectivity index (χ1v) is 7.65. The molecular formula is C16H24FNOS. The van der Waals surface area contributed by atoms with E-state index in [1.165, 1.54) is 19.3 Å². The van der Waals surface area contributed by atoms with Crippen molar-refractivity contribution in [2.45, 2.75) is 58.7 Å². The third kappa shape index (κ3) is 5.55. The van der Waals surface area contributed by atoms with Gasteiger partial charge in [0.05, 0.1) is 12.7 Å². The molecule has 1 rings (SSSR count). The van der Waals surface area contributed by atoms with Crippen LogP contribution in [0.3, 0.4) is 0 Å². The van der Waals surface area contributed by atoms with E-state index in [0.717, 1.165) is 12.8 Å². The summed E-state index contributed by atoms with van der Waals surface area (Å²) in [6.45, 7) is 4.48. The van der Waals surface area contributed by atoms with Crippen molar-refractivity contribution in [2.24, 2.45) is 5.73 Å². The summed E-state index contributed by atoms with van der Waals surface area (Å²) in [5, 5.41) is 0. The molecule has 0 amide bonds. The van der Waals surface area contributed by atoms with Crippen LogP contribution in [0.1, 0.15) is 57.1 Å². The second-order valence-electron chi connectivity index (χ2n) is 5.11. The molecule has 2 N–H and O–H groups in total. The van der Waals surface area contributed by atoms with Gasteiger partial charge in [0.2, 0.25) is 0 Å². The lowest BCUT2D eigenvalue weighted by Gasteiger charge is -2.14. The first kappa shape index (κ1) is 17.1. The summed E-state index contributed by atoms with van der Waals surface area (Å²) < 4.78 is 19.8. The van der Waals surface area contributed by atoms with Gasteiger partial charge in [-0.05, 0) is 19.4 Å². The van der Waals surface area contributed by atoms with Crippen LogP contribution in [0.2, 0.25) is 0 Å². The molecule has 0 heterocycles. The lowest BCUT2D eigenvalue weighted by Crippen LogP contribution is -2.14. The fraction of sp³-hybridized carbons (Fsp3) is 0.562. The highest BCUT2D eigenvalue weighted by Crippen LogP contribution is 2.16. The van der Waals surface area contributed by atoms with Gasteiger partial charge in [0.25, 0.3) is 0 Å². The highest BCUT2D eigenvalue weighted by atomic mass is 32.1. The van der Waals surface area contributed by atoms with Crippen molar-refractivity contribution in [1.82, 2.24) is 0 Å². The lowest BCUT2D eigenvalue weighted by molar-refractivity contribution is 0.0443. The van der Waals surface area contributed by atoms with E-state index in [2.05, 4.69) is 6.92 Å². The van der Waals surface area contributed by atoms with E-state index in [1.807, 2.05) is 6.92 Å². The average molecular weight is 297 g/mol. The Morgan fingerprint density at radius 3 is 2.75 bits per heavy atom. The molecule has 0 bridgehead atoms. The molecule has 1 atom stereocenters. The summed E-state index contributed by atoms with van der Waals surface area (Å²) in [6, 6.07) is 5.05. The number of nitrogens with two attached hydrogens (primary N) is 1. The minimum atomic E-state index is -0.363. The highest BCUT2D eigenvalue weighted by molar-refractivity contribution is 7.80. The maximum absolute atomic E-state index is 14.1. The normalized spacial score (nSPS) is 12.3. The van der Waals surface area contributed by atoms with Crippen LogP contribution in [0.5, 0.6) is 0 Å². The molecule has 2 nitrogen and oxygen atoms in total. The minimum Gasteiger partial charge on any atom is -0.389 e. The summed E-state index contributed by atoms with van der Waals surface area (Å²) in [4.78, 5) is 0.0805. The van der Waals surface area contributed by atoms with Gasteiger partial charge in [0.15, 0.2) is 0 Å². The Hall–Kier alpha value is -1.00. The van der Waals surface area contributed by atoms with Gasteiger partial charge in [-0.1, -0.05) is 57.0 Å². The van der Waals surface area contributed by atoms with Crippen LogP contribution in [-0.2, 0) is 11.3 Å². The predicted octanol–water partition coefficient (Wildman–Crippen LogP) is 4.34. The molecule has 4 heteroatoms. The molecule has 0 saturated carbocycles. The zero-order valence-electron chi connectivity index (χ0n) is 12.3. The second kappa shape index (κ2) is 9.03. The standard InChI is InChI=1S/C16H24FNOS/c1-3-4-5-6-8-12(2)19-11-13-9-7-10-14(15(13)17)16(18)20/h7,9-10,12H,3-6,8,11H2,1-2H3,(H2,18,20). The average Bonchev–Trinajstić information content (AvgIpc) is 2.42. The Balaban J connectivity index is 2.45. The molecule has 0 spiro atoms. The van der Waals surface area contributed by atoms with Crippen molar-refractivity contribution in [3.8, 4) is 0 Å². The van der Waals surface area contributed by atoms with Crippen molar-refractivity contribution in [2.75, 3.05) is 0 Å². The number of hydrogen-bond acceptors (Lipinski definition) is 2. The quantitative estimate of drug-likeness (QED) is 0.544. The van der Waals surface area contributed by atoms with E-state index < -0.39 is 0 Å². The fourth-order valence-electron chi connectivity index (χ4n) is 2.06. The zero-order valence-corrected chi connectivity index (χ0v) is 13.1. The zero-order chi connectivity index (χ0) is 15.0. The molecule has 0 aliphatic rings. The summed E-state index contributed by atoms with van der Waals surface area (Å²) >= 11 is 4.82. The molecule has 0 saturated heterocycles. The lowest BCUT2D eigenvalue weighted by atomic mass is 10.1. The molecule has 112 valence electrons.